The predicted octanol–water partition coefficient (Wildman–Crippen LogP) is 1.76. The van der Waals surface area contributed by atoms with Crippen molar-refractivity contribution in [2.75, 3.05) is 44.3 Å². The standard InChI is InChI=1S/C20H29N3O3/c1-14(2)18-12-23(15(3)24)13-19(18)21-20(25)16-5-4-6-17(11-16)22-7-9-26-10-8-22/h4-6,11,14,18-19H,7-10,12-13H2,1-3H3,(H,21,25). The SMILES string of the molecule is CC(=O)N1CC(NC(=O)c2cccc(N3CCOCC3)c2)C(C(C)C)C1. The van der Waals surface area contributed by atoms with E-state index >= 15 is 0 Å². The van der Waals surface area contributed by atoms with E-state index in [2.05, 4.69) is 24.1 Å². The first-order valence-electron chi connectivity index (χ1n) is 9.45. The summed E-state index contributed by atoms with van der Waals surface area (Å²) in [5.41, 5.74) is 1.72. The lowest BCUT2D eigenvalue weighted by Crippen LogP contribution is -2.42. The minimum absolute atomic E-state index is 0.00144. The van der Waals surface area contributed by atoms with E-state index in [1.54, 1.807) is 6.92 Å². The number of rotatable bonds is 4. The number of nitrogens with one attached hydrogen (secondary N) is 1. The maximum Gasteiger partial charge on any atom is 0.251 e. The summed E-state index contributed by atoms with van der Waals surface area (Å²) in [4.78, 5) is 28.6. The van der Waals surface area contributed by atoms with Crippen molar-refractivity contribution >= 4 is 17.5 Å². The molecule has 0 aromatic heterocycles. The molecule has 2 fully saturated rings. The zero-order chi connectivity index (χ0) is 18.7. The lowest BCUT2D eigenvalue weighted by Gasteiger charge is -2.29. The number of hydrogen-bond donors (Lipinski definition) is 1. The molecule has 0 bridgehead atoms. The molecule has 0 spiro atoms. The first-order valence-corrected chi connectivity index (χ1v) is 9.45. The van der Waals surface area contributed by atoms with Gasteiger partial charge in [0, 0.05) is 50.3 Å². The second-order valence-corrected chi connectivity index (χ2v) is 7.56. The number of ether oxygens (including phenoxy) is 1. The summed E-state index contributed by atoms with van der Waals surface area (Å²) in [5, 5.41) is 3.17. The van der Waals surface area contributed by atoms with Crippen LogP contribution < -0.4 is 10.2 Å². The molecule has 0 saturated carbocycles. The fraction of sp³-hybridized carbons (Fsp3) is 0.600. The van der Waals surface area contributed by atoms with Crippen molar-refractivity contribution in [3.05, 3.63) is 29.8 Å². The van der Waals surface area contributed by atoms with E-state index in [-0.39, 0.29) is 23.8 Å². The molecular formula is C20H29N3O3. The van der Waals surface area contributed by atoms with E-state index in [0.29, 0.717) is 24.6 Å². The summed E-state index contributed by atoms with van der Waals surface area (Å²) in [6.45, 7) is 10.3. The van der Waals surface area contributed by atoms with Gasteiger partial charge < -0.3 is 19.9 Å². The Morgan fingerprint density at radius 1 is 1.19 bits per heavy atom. The summed E-state index contributed by atoms with van der Waals surface area (Å²) in [7, 11) is 0. The lowest BCUT2D eigenvalue weighted by atomic mass is 9.91. The van der Waals surface area contributed by atoms with Crippen molar-refractivity contribution in [2.24, 2.45) is 11.8 Å². The maximum atomic E-state index is 12.8. The van der Waals surface area contributed by atoms with Crippen LogP contribution in [0.3, 0.4) is 0 Å². The highest BCUT2D eigenvalue weighted by atomic mass is 16.5. The van der Waals surface area contributed by atoms with Gasteiger partial charge in [-0.25, -0.2) is 0 Å². The number of anilines is 1. The molecule has 2 aliphatic heterocycles. The summed E-state index contributed by atoms with van der Waals surface area (Å²) >= 11 is 0. The van der Waals surface area contributed by atoms with Crippen LogP contribution >= 0.6 is 0 Å². The largest absolute Gasteiger partial charge is 0.378 e. The van der Waals surface area contributed by atoms with Gasteiger partial charge in [-0.2, -0.15) is 0 Å². The molecule has 1 N–H and O–H groups in total. The summed E-state index contributed by atoms with van der Waals surface area (Å²) < 4.78 is 5.40. The van der Waals surface area contributed by atoms with Gasteiger partial charge in [0.05, 0.1) is 19.3 Å². The quantitative estimate of drug-likeness (QED) is 0.890. The van der Waals surface area contributed by atoms with Crippen molar-refractivity contribution in [1.29, 1.82) is 0 Å². The van der Waals surface area contributed by atoms with Crippen LogP contribution in [-0.2, 0) is 9.53 Å². The fourth-order valence-corrected chi connectivity index (χ4v) is 3.83. The van der Waals surface area contributed by atoms with Crippen LogP contribution in [0, 0.1) is 11.8 Å². The van der Waals surface area contributed by atoms with E-state index in [4.69, 9.17) is 4.74 Å². The average Bonchev–Trinajstić information content (AvgIpc) is 3.07. The van der Waals surface area contributed by atoms with Gasteiger partial charge in [0.1, 0.15) is 0 Å². The molecule has 2 unspecified atom stereocenters. The molecule has 6 heteroatoms. The van der Waals surface area contributed by atoms with Gasteiger partial charge in [0.2, 0.25) is 5.91 Å². The van der Waals surface area contributed by atoms with E-state index in [9.17, 15) is 9.59 Å². The number of nitrogens with zero attached hydrogens (tertiary/aromatic N) is 2. The van der Waals surface area contributed by atoms with E-state index in [0.717, 1.165) is 32.0 Å². The second-order valence-electron chi connectivity index (χ2n) is 7.56. The normalized spacial score (nSPS) is 23.4. The van der Waals surface area contributed by atoms with Gasteiger partial charge in [-0.05, 0) is 24.1 Å². The smallest absolute Gasteiger partial charge is 0.251 e. The van der Waals surface area contributed by atoms with E-state index in [1.165, 1.54) is 0 Å². The average molecular weight is 359 g/mol. The third kappa shape index (κ3) is 4.18. The number of benzene rings is 1. The fourth-order valence-electron chi connectivity index (χ4n) is 3.83. The first-order chi connectivity index (χ1) is 12.5. The van der Waals surface area contributed by atoms with Crippen LogP contribution in [0.25, 0.3) is 0 Å². The van der Waals surface area contributed by atoms with Crippen LogP contribution in [0.1, 0.15) is 31.1 Å². The first kappa shape index (κ1) is 18.7. The van der Waals surface area contributed by atoms with Gasteiger partial charge >= 0.3 is 0 Å². The predicted molar refractivity (Wildman–Crippen MR) is 101 cm³/mol. The van der Waals surface area contributed by atoms with Crippen LogP contribution in [-0.4, -0.2) is 62.1 Å². The Morgan fingerprint density at radius 3 is 2.58 bits per heavy atom. The Kier molecular flexibility index (Phi) is 5.81. The number of morpholine rings is 1. The molecule has 3 rings (SSSR count). The van der Waals surface area contributed by atoms with E-state index < -0.39 is 0 Å². The van der Waals surface area contributed by atoms with Crippen molar-refractivity contribution in [2.45, 2.75) is 26.8 Å². The number of hydrogen-bond acceptors (Lipinski definition) is 4. The monoisotopic (exact) mass is 359 g/mol. The van der Waals surface area contributed by atoms with Crippen LogP contribution in [0.2, 0.25) is 0 Å². The third-order valence-corrected chi connectivity index (χ3v) is 5.47. The third-order valence-electron chi connectivity index (χ3n) is 5.47. The van der Waals surface area contributed by atoms with Gasteiger partial charge in [-0.15, -0.1) is 0 Å². The molecule has 6 nitrogen and oxygen atoms in total. The van der Waals surface area contributed by atoms with E-state index in [1.807, 2.05) is 29.2 Å². The molecule has 26 heavy (non-hydrogen) atoms. The summed E-state index contributed by atoms with van der Waals surface area (Å²) in [5.74, 6) is 0.692. The molecule has 2 saturated heterocycles. The van der Waals surface area contributed by atoms with Crippen molar-refractivity contribution < 1.29 is 14.3 Å². The van der Waals surface area contributed by atoms with Gasteiger partial charge in [-0.1, -0.05) is 19.9 Å². The highest BCUT2D eigenvalue weighted by Crippen LogP contribution is 2.25. The zero-order valence-electron chi connectivity index (χ0n) is 15.9. The molecule has 2 aliphatic rings. The van der Waals surface area contributed by atoms with Gasteiger partial charge in [0.25, 0.3) is 5.91 Å². The molecule has 2 heterocycles. The number of amides is 2. The molecule has 142 valence electrons. The molecule has 0 aliphatic carbocycles. The van der Waals surface area contributed by atoms with Crippen LogP contribution in [0.5, 0.6) is 0 Å². The topological polar surface area (TPSA) is 61.9 Å². The maximum absolute atomic E-state index is 12.8. The molecule has 2 atom stereocenters. The van der Waals surface area contributed by atoms with Gasteiger partial charge in [0.15, 0.2) is 0 Å². The zero-order valence-corrected chi connectivity index (χ0v) is 15.9. The summed E-state index contributed by atoms with van der Waals surface area (Å²) in [6, 6.07) is 7.75. The Balaban J connectivity index is 1.70. The lowest BCUT2D eigenvalue weighted by molar-refractivity contribution is -0.128. The number of carbonyl (C=O) groups excluding carboxylic acids is 2. The Morgan fingerprint density at radius 2 is 1.92 bits per heavy atom. The highest BCUT2D eigenvalue weighted by molar-refractivity contribution is 5.95. The van der Waals surface area contributed by atoms with Crippen molar-refractivity contribution in [1.82, 2.24) is 10.2 Å². The Bertz CT molecular complexity index is 655. The number of likely N-dealkylation sites (tertiary alicyclic amines) is 1. The van der Waals surface area contributed by atoms with Gasteiger partial charge in [-0.3, -0.25) is 9.59 Å². The number of carbonyl (C=O) groups is 2. The molecule has 1 aromatic carbocycles. The molecule has 2 amide bonds. The van der Waals surface area contributed by atoms with Crippen LogP contribution in [0.4, 0.5) is 5.69 Å². The highest BCUT2D eigenvalue weighted by Gasteiger charge is 2.36. The Hall–Kier alpha value is -2.08. The molecule has 0 radical (unpaired) electrons. The minimum Gasteiger partial charge on any atom is -0.378 e. The van der Waals surface area contributed by atoms with Crippen molar-refractivity contribution in [3.63, 3.8) is 0 Å². The van der Waals surface area contributed by atoms with Crippen LogP contribution in [0.15, 0.2) is 24.3 Å². The summed E-state index contributed by atoms with van der Waals surface area (Å²) in [6.07, 6.45) is 0. The molecule has 1 aromatic rings. The minimum atomic E-state index is -0.0684. The second kappa shape index (κ2) is 8.08. The Labute approximate surface area is 155 Å². The molecular weight excluding hydrogens is 330 g/mol. The van der Waals surface area contributed by atoms with Crippen molar-refractivity contribution in [3.8, 4) is 0 Å².